The van der Waals surface area contributed by atoms with E-state index in [1.54, 1.807) is 23.7 Å². The van der Waals surface area contributed by atoms with Gasteiger partial charge in [0.25, 0.3) is 0 Å². The lowest BCUT2D eigenvalue weighted by atomic mass is 10.4. The van der Waals surface area contributed by atoms with E-state index < -0.39 is 0 Å². The molecule has 0 aliphatic rings. The fraction of sp³-hybridized carbons (Fsp3) is 0.300. The van der Waals surface area contributed by atoms with Gasteiger partial charge in [0.1, 0.15) is 0 Å². The first-order valence-electron chi connectivity index (χ1n) is 4.96. The SMILES string of the molecule is CC(C)Nc1ncc(-c2ccnc(N)n2)s1. The second kappa shape index (κ2) is 4.44. The minimum Gasteiger partial charge on any atom is -0.368 e. The lowest BCUT2D eigenvalue weighted by Gasteiger charge is -2.04. The molecule has 5 nitrogen and oxygen atoms in total. The number of aromatic nitrogens is 3. The average molecular weight is 235 g/mol. The van der Waals surface area contributed by atoms with Crippen molar-refractivity contribution in [2.24, 2.45) is 0 Å². The molecule has 0 amide bonds. The zero-order chi connectivity index (χ0) is 11.5. The molecule has 0 bridgehead atoms. The van der Waals surface area contributed by atoms with Crippen LogP contribution in [0.15, 0.2) is 18.5 Å². The Hall–Kier alpha value is -1.69. The number of nitrogens with two attached hydrogens (primary N) is 1. The summed E-state index contributed by atoms with van der Waals surface area (Å²) in [7, 11) is 0. The molecule has 0 spiro atoms. The maximum absolute atomic E-state index is 5.53. The Kier molecular flexibility index (Phi) is 3.00. The molecule has 0 atom stereocenters. The number of hydrogen-bond acceptors (Lipinski definition) is 6. The third-order valence-electron chi connectivity index (χ3n) is 1.84. The van der Waals surface area contributed by atoms with E-state index in [1.807, 2.05) is 6.07 Å². The van der Waals surface area contributed by atoms with Crippen molar-refractivity contribution in [3.05, 3.63) is 18.5 Å². The van der Waals surface area contributed by atoms with Gasteiger partial charge in [-0.15, -0.1) is 0 Å². The quantitative estimate of drug-likeness (QED) is 0.851. The van der Waals surface area contributed by atoms with Crippen LogP contribution in [0, 0.1) is 0 Å². The lowest BCUT2D eigenvalue weighted by molar-refractivity contribution is 0.896. The molecule has 0 unspecified atom stereocenters. The molecule has 0 fully saturated rings. The maximum atomic E-state index is 5.53. The molecule has 2 aromatic heterocycles. The topological polar surface area (TPSA) is 76.7 Å². The van der Waals surface area contributed by atoms with Crippen molar-refractivity contribution in [1.29, 1.82) is 0 Å². The van der Waals surface area contributed by atoms with Gasteiger partial charge in [-0.05, 0) is 19.9 Å². The predicted octanol–water partition coefficient (Wildman–Crippen LogP) is 2.00. The van der Waals surface area contributed by atoms with Crippen molar-refractivity contribution in [2.45, 2.75) is 19.9 Å². The van der Waals surface area contributed by atoms with Gasteiger partial charge in [-0.3, -0.25) is 0 Å². The monoisotopic (exact) mass is 235 g/mol. The van der Waals surface area contributed by atoms with Crippen molar-refractivity contribution in [3.8, 4) is 10.6 Å². The van der Waals surface area contributed by atoms with Gasteiger partial charge in [-0.1, -0.05) is 11.3 Å². The fourth-order valence-electron chi connectivity index (χ4n) is 1.22. The Bertz CT molecular complexity index is 480. The third-order valence-corrected chi connectivity index (χ3v) is 2.80. The molecule has 2 heterocycles. The summed E-state index contributed by atoms with van der Waals surface area (Å²) in [6, 6.07) is 2.19. The van der Waals surface area contributed by atoms with Crippen molar-refractivity contribution in [2.75, 3.05) is 11.1 Å². The number of hydrogen-bond donors (Lipinski definition) is 2. The van der Waals surface area contributed by atoms with Gasteiger partial charge in [0.15, 0.2) is 5.13 Å². The summed E-state index contributed by atoms with van der Waals surface area (Å²) < 4.78 is 0. The summed E-state index contributed by atoms with van der Waals surface area (Å²) in [6.45, 7) is 4.15. The first-order chi connectivity index (χ1) is 7.65. The van der Waals surface area contributed by atoms with Crippen molar-refractivity contribution in [1.82, 2.24) is 15.0 Å². The summed E-state index contributed by atoms with van der Waals surface area (Å²) in [5, 5.41) is 4.13. The van der Waals surface area contributed by atoms with Crippen LogP contribution in [0.3, 0.4) is 0 Å². The summed E-state index contributed by atoms with van der Waals surface area (Å²) in [6.07, 6.45) is 3.43. The molecule has 3 N–H and O–H groups in total. The van der Waals surface area contributed by atoms with E-state index in [-0.39, 0.29) is 5.95 Å². The van der Waals surface area contributed by atoms with Gasteiger partial charge in [-0.25, -0.2) is 15.0 Å². The molecule has 0 aromatic carbocycles. The predicted molar refractivity (Wildman–Crippen MR) is 66.3 cm³/mol. The van der Waals surface area contributed by atoms with Gasteiger partial charge in [0.05, 0.1) is 10.6 Å². The lowest BCUT2D eigenvalue weighted by Crippen LogP contribution is -2.08. The number of rotatable bonds is 3. The van der Waals surface area contributed by atoms with Crippen LogP contribution in [0.1, 0.15) is 13.8 Å². The second-order valence-corrected chi connectivity index (χ2v) is 4.66. The van der Waals surface area contributed by atoms with Gasteiger partial charge in [-0.2, -0.15) is 0 Å². The van der Waals surface area contributed by atoms with Crippen molar-refractivity contribution >= 4 is 22.4 Å². The Balaban J connectivity index is 2.24. The molecular formula is C10H13N5S. The highest BCUT2D eigenvalue weighted by molar-refractivity contribution is 7.18. The summed E-state index contributed by atoms with van der Waals surface area (Å²) in [5.41, 5.74) is 6.34. The van der Waals surface area contributed by atoms with E-state index in [0.717, 1.165) is 15.7 Å². The van der Waals surface area contributed by atoms with Crippen molar-refractivity contribution < 1.29 is 0 Å². The van der Waals surface area contributed by atoms with E-state index in [0.29, 0.717) is 6.04 Å². The van der Waals surface area contributed by atoms with Gasteiger partial charge in [0, 0.05) is 18.4 Å². The number of nitrogens with zero attached hydrogens (tertiary/aromatic N) is 3. The fourth-order valence-corrected chi connectivity index (χ4v) is 2.15. The molecular weight excluding hydrogens is 222 g/mol. The molecule has 84 valence electrons. The molecule has 6 heteroatoms. The Morgan fingerprint density at radius 2 is 2.19 bits per heavy atom. The molecule has 0 aliphatic carbocycles. The Labute approximate surface area is 97.8 Å². The summed E-state index contributed by atoms with van der Waals surface area (Å²) in [4.78, 5) is 13.3. The van der Waals surface area contributed by atoms with Crippen LogP contribution in [0.4, 0.5) is 11.1 Å². The first kappa shape index (κ1) is 10.8. The molecule has 0 radical (unpaired) electrons. The van der Waals surface area contributed by atoms with Crippen LogP contribution in [-0.4, -0.2) is 21.0 Å². The van der Waals surface area contributed by atoms with Crippen LogP contribution < -0.4 is 11.1 Å². The molecule has 16 heavy (non-hydrogen) atoms. The normalized spacial score (nSPS) is 10.7. The number of nitrogens with one attached hydrogen (secondary N) is 1. The zero-order valence-corrected chi connectivity index (χ0v) is 9.95. The second-order valence-electron chi connectivity index (χ2n) is 3.63. The van der Waals surface area contributed by atoms with E-state index in [9.17, 15) is 0 Å². The molecule has 2 aromatic rings. The number of anilines is 2. The summed E-state index contributed by atoms with van der Waals surface area (Å²) >= 11 is 1.55. The summed E-state index contributed by atoms with van der Waals surface area (Å²) in [5.74, 6) is 0.282. The minimum absolute atomic E-state index is 0.282. The van der Waals surface area contributed by atoms with Crippen LogP contribution in [0.2, 0.25) is 0 Å². The van der Waals surface area contributed by atoms with Crippen LogP contribution in [-0.2, 0) is 0 Å². The van der Waals surface area contributed by atoms with Crippen molar-refractivity contribution in [3.63, 3.8) is 0 Å². The smallest absolute Gasteiger partial charge is 0.220 e. The highest BCUT2D eigenvalue weighted by atomic mass is 32.1. The van der Waals surface area contributed by atoms with E-state index >= 15 is 0 Å². The van der Waals surface area contributed by atoms with Gasteiger partial charge < -0.3 is 11.1 Å². The average Bonchev–Trinajstić information content (AvgIpc) is 2.65. The zero-order valence-electron chi connectivity index (χ0n) is 9.14. The largest absolute Gasteiger partial charge is 0.368 e. The highest BCUT2D eigenvalue weighted by Crippen LogP contribution is 2.27. The van der Waals surface area contributed by atoms with E-state index in [2.05, 4.69) is 34.1 Å². The van der Waals surface area contributed by atoms with Crippen LogP contribution in [0.5, 0.6) is 0 Å². The van der Waals surface area contributed by atoms with E-state index in [4.69, 9.17) is 5.73 Å². The maximum Gasteiger partial charge on any atom is 0.220 e. The highest BCUT2D eigenvalue weighted by Gasteiger charge is 2.06. The Morgan fingerprint density at radius 3 is 2.88 bits per heavy atom. The van der Waals surface area contributed by atoms with Gasteiger partial charge >= 0.3 is 0 Å². The Morgan fingerprint density at radius 1 is 1.38 bits per heavy atom. The van der Waals surface area contributed by atoms with Crippen LogP contribution >= 0.6 is 11.3 Å². The number of nitrogen functional groups attached to an aromatic ring is 1. The minimum atomic E-state index is 0.282. The number of thiazole rings is 1. The molecule has 0 aliphatic heterocycles. The third kappa shape index (κ3) is 2.46. The molecule has 2 rings (SSSR count). The van der Waals surface area contributed by atoms with E-state index in [1.165, 1.54) is 0 Å². The van der Waals surface area contributed by atoms with Crippen LogP contribution in [0.25, 0.3) is 10.6 Å². The first-order valence-corrected chi connectivity index (χ1v) is 5.78. The molecule has 0 saturated carbocycles. The standard InChI is InChI=1S/C10H13N5S/c1-6(2)14-10-13-5-8(16-10)7-3-4-12-9(11)15-7/h3-6H,1-2H3,(H,13,14)(H2,11,12,15). The van der Waals surface area contributed by atoms with Gasteiger partial charge in [0.2, 0.25) is 5.95 Å². The molecule has 0 saturated heterocycles.